The van der Waals surface area contributed by atoms with Crippen molar-refractivity contribution in [2.75, 3.05) is 11.5 Å². The van der Waals surface area contributed by atoms with Gasteiger partial charge in [0.05, 0.1) is 0 Å². The number of Topliss-reactive ketones (excluding diaryl/α,β-unsaturated/α-hetero) is 2. The Balaban J connectivity index is 2.48. The Morgan fingerprint density at radius 3 is 2.94 bits per heavy atom. The van der Waals surface area contributed by atoms with Crippen LogP contribution in [0.1, 0.15) is 46.0 Å². The topological polar surface area (TPSA) is 34.1 Å². The maximum atomic E-state index is 12.0. The molecular formula is C13H22O2S. The van der Waals surface area contributed by atoms with E-state index in [2.05, 4.69) is 13.8 Å². The van der Waals surface area contributed by atoms with Crippen molar-refractivity contribution in [1.82, 2.24) is 0 Å². The molecule has 0 aromatic carbocycles. The zero-order chi connectivity index (χ0) is 12.0. The third-order valence-electron chi connectivity index (χ3n) is 3.31. The minimum atomic E-state index is 0.00861. The average molecular weight is 242 g/mol. The highest BCUT2D eigenvalue weighted by Crippen LogP contribution is 2.23. The van der Waals surface area contributed by atoms with Crippen molar-refractivity contribution in [3.63, 3.8) is 0 Å². The van der Waals surface area contributed by atoms with E-state index in [1.54, 1.807) is 11.8 Å². The molecule has 0 amide bonds. The minimum absolute atomic E-state index is 0.00861. The normalized spacial score (nSPS) is 24.6. The van der Waals surface area contributed by atoms with Gasteiger partial charge in [-0.25, -0.2) is 0 Å². The molecule has 3 heteroatoms. The van der Waals surface area contributed by atoms with Gasteiger partial charge in [-0.05, 0) is 18.1 Å². The summed E-state index contributed by atoms with van der Waals surface area (Å²) < 4.78 is 0. The molecule has 1 saturated heterocycles. The van der Waals surface area contributed by atoms with E-state index in [-0.39, 0.29) is 11.7 Å². The highest BCUT2D eigenvalue weighted by Gasteiger charge is 2.23. The lowest BCUT2D eigenvalue weighted by molar-refractivity contribution is -0.128. The predicted octanol–water partition coefficient (Wildman–Crippen LogP) is 3.09. The fourth-order valence-corrected chi connectivity index (χ4v) is 2.95. The molecular weight excluding hydrogens is 220 g/mol. The second kappa shape index (κ2) is 7.10. The number of ketones is 2. The molecule has 0 radical (unpaired) electrons. The predicted molar refractivity (Wildman–Crippen MR) is 68.8 cm³/mol. The third-order valence-corrected chi connectivity index (χ3v) is 4.33. The highest BCUT2D eigenvalue weighted by molar-refractivity contribution is 7.99. The fraction of sp³-hybridized carbons (Fsp3) is 0.846. The molecule has 0 N–H and O–H groups in total. The Hall–Kier alpha value is -0.310. The number of hydrogen-bond donors (Lipinski definition) is 0. The third kappa shape index (κ3) is 4.69. The van der Waals surface area contributed by atoms with Crippen LogP contribution in [-0.4, -0.2) is 23.1 Å². The van der Waals surface area contributed by atoms with Gasteiger partial charge in [0.1, 0.15) is 11.6 Å². The molecule has 2 atom stereocenters. The summed E-state index contributed by atoms with van der Waals surface area (Å²) in [5, 5.41) is 0. The molecule has 1 heterocycles. The number of carbonyl (C=O) groups excluding carboxylic acids is 2. The van der Waals surface area contributed by atoms with Gasteiger partial charge in [-0.1, -0.05) is 20.3 Å². The highest BCUT2D eigenvalue weighted by atomic mass is 32.2. The van der Waals surface area contributed by atoms with E-state index in [4.69, 9.17) is 0 Å². The maximum absolute atomic E-state index is 12.0. The Labute approximate surface area is 103 Å². The Morgan fingerprint density at radius 1 is 1.50 bits per heavy atom. The SMILES string of the molecule is CCC(C)CC(=O)C1CCSCCC(=O)C1. The summed E-state index contributed by atoms with van der Waals surface area (Å²) in [5.74, 6) is 3.02. The van der Waals surface area contributed by atoms with Gasteiger partial charge in [-0.2, -0.15) is 11.8 Å². The molecule has 1 fully saturated rings. The van der Waals surface area contributed by atoms with Crippen molar-refractivity contribution in [2.45, 2.75) is 46.0 Å². The molecule has 0 bridgehead atoms. The van der Waals surface area contributed by atoms with Gasteiger partial charge in [-0.15, -0.1) is 0 Å². The van der Waals surface area contributed by atoms with Crippen LogP contribution in [0.15, 0.2) is 0 Å². The van der Waals surface area contributed by atoms with Crippen molar-refractivity contribution in [3.05, 3.63) is 0 Å². The first kappa shape index (κ1) is 13.8. The molecule has 16 heavy (non-hydrogen) atoms. The monoisotopic (exact) mass is 242 g/mol. The van der Waals surface area contributed by atoms with E-state index in [0.29, 0.717) is 31.0 Å². The lowest BCUT2D eigenvalue weighted by atomic mass is 9.88. The van der Waals surface area contributed by atoms with Crippen LogP contribution in [-0.2, 0) is 9.59 Å². The maximum Gasteiger partial charge on any atom is 0.136 e. The summed E-state index contributed by atoms with van der Waals surface area (Å²) in [6.07, 6.45) is 3.74. The molecule has 0 saturated carbocycles. The summed E-state index contributed by atoms with van der Waals surface area (Å²) in [4.78, 5) is 23.6. The van der Waals surface area contributed by atoms with E-state index in [1.165, 1.54) is 0 Å². The Kier molecular flexibility index (Phi) is 6.10. The van der Waals surface area contributed by atoms with Crippen molar-refractivity contribution in [3.8, 4) is 0 Å². The summed E-state index contributed by atoms with van der Waals surface area (Å²) in [6, 6.07) is 0. The van der Waals surface area contributed by atoms with Crippen molar-refractivity contribution >= 4 is 23.3 Å². The quantitative estimate of drug-likeness (QED) is 0.759. The summed E-state index contributed by atoms with van der Waals surface area (Å²) in [5.41, 5.74) is 0. The molecule has 0 aliphatic carbocycles. The molecule has 1 aliphatic rings. The van der Waals surface area contributed by atoms with Gasteiger partial charge in [0, 0.05) is 30.9 Å². The molecule has 0 aromatic heterocycles. The van der Waals surface area contributed by atoms with Crippen LogP contribution < -0.4 is 0 Å². The molecule has 2 nitrogen and oxygen atoms in total. The average Bonchev–Trinajstić information content (AvgIpc) is 2.22. The first-order valence-corrected chi connectivity index (χ1v) is 7.41. The lowest BCUT2D eigenvalue weighted by Gasteiger charge is -2.19. The van der Waals surface area contributed by atoms with Gasteiger partial charge < -0.3 is 0 Å². The van der Waals surface area contributed by atoms with Crippen molar-refractivity contribution < 1.29 is 9.59 Å². The second-order valence-corrected chi connectivity index (χ2v) is 6.00. The van der Waals surface area contributed by atoms with Crippen LogP contribution in [0.2, 0.25) is 0 Å². The van der Waals surface area contributed by atoms with Gasteiger partial charge in [-0.3, -0.25) is 9.59 Å². The molecule has 0 aromatic rings. The lowest BCUT2D eigenvalue weighted by Crippen LogP contribution is -2.23. The fourth-order valence-electron chi connectivity index (χ4n) is 1.92. The molecule has 0 spiro atoms. The molecule has 1 rings (SSSR count). The number of rotatable bonds is 4. The summed E-state index contributed by atoms with van der Waals surface area (Å²) in [6.45, 7) is 4.22. The second-order valence-electron chi connectivity index (χ2n) is 4.77. The largest absolute Gasteiger partial charge is 0.300 e. The minimum Gasteiger partial charge on any atom is -0.300 e. The van der Waals surface area contributed by atoms with Crippen LogP contribution in [0, 0.1) is 11.8 Å². The van der Waals surface area contributed by atoms with Crippen LogP contribution in [0.5, 0.6) is 0 Å². The van der Waals surface area contributed by atoms with Gasteiger partial charge >= 0.3 is 0 Å². The van der Waals surface area contributed by atoms with Crippen molar-refractivity contribution in [1.29, 1.82) is 0 Å². The first-order chi connectivity index (χ1) is 7.63. The van der Waals surface area contributed by atoms with Crippen molar-refractivity contribution in [2.24, 2.45) is 11.8 Å². The Bertz CT molecular complexity index is 250. The number of hydrogen-bond acceptors (Lipinski definition) is 3. The first-order valence-electron chi connectivity index (χ1n) is 6.25. The van der Waals surface area contributed by atoms with Crippen LogP contribution >= 0.6 is 11.8 Å². The van der Waals surface area contributed by atoms with Crippen LogP contribution in [0.3, 0.4) is 0 Å². The molecule has 1 aliphatic heterocycles. The van der Waals surface area contributed by atoms with Gasteiger partial charge in [0.25, 0.3) is 0 Å². The Morgan fingerprint density at radius 2 is 2.25 bits per heavy atom. The zero-order valence-corrected chi connectivity index (χ0v) is 11.1. The van der Waals surface area contributed by atoms with Crippen LogP contribution in [0.4, 0.5) is 0 Å². The van der Waals surface area contributed by atoms with Gasteiger partial charge in [0.2, 0.25) is 0 Å². The standard InChI is InChI=1S/C13H22O2S/c1-3-10(2)8-13(15)11-4-6-16-7-5-12(14)9-11/h10-11H,3-9H2,1-2H3. The van der Waals surface area contributed by atoms with E-state index in [9.17, 15) is 9.59 Å². The van der Waals surface area contributed by atoms with Gasteiger partial charge in [0.15, 0.2) is 0 Å². The van der Waals surface area contributed by atoms with Crippen LogP contribution in [0.25, 0.3) is 0 Å². The number of carbonyl (C=O) groups is 2. The smallest absolute Gasteiger partial charge is 0.136 e. The zero-order valence-electron chi connectivity index (χ0n) is 10.3. The van der Waals surface area contributed by atoms with E-state index < -0.39 is 0 Å². The van der Waals surface area contributed by atoms with E-state index >= 15 is 0 Å². The van der Waals surface area contributed by atoms with E-state index in [1.807, 2.05) is 0 Å². The summed E-state index contributed by atoms with van der Waals surface area (Å²) in [7, 11) is 0. The van der Waals surface area contributed by atoms with E-state index in [0.717, 1.165) is 24.3 Å². The number of thioether (sulfide) groups is 1. The molecule has 2 unspecified atom stereocenters. The molecule has 92 valence electrons. The summed E-state index contributed by atoms with van der Waals surface area (Å²) >= 11 is 1.81.